The van der Waals surface area contributed by atoms with Crippen LogP contribution in [0.4, 0.5) is 5.69 Å². The number of hydrogen-bond acceptors (Lipinski definition) is 6. The Morgan fingerprint density at radius 2 is 1.90 bits per heavy atom. The van der Waals surface area contributed by atoms with Gasteiger partial charge in [0.25, 0.3) is 0 Å². The van der Waals surface area contributed by atoms with Gasteiger partial charge in [-0.15, -0.1) is 0 Å². The van der Waals surface area contributed by atoms with Crippen molar-refractivity contribution < 1.29 is 23.4 Å². The number of nitrogens with one attached hydrogen (secondary N) is 1. The highest BCUT2D eigenvalue weighted by atomic mass is 16.5. The first kappa shape index (κ1) is 14.8. The molecule has 1 aromatic carbocycles. The van der Waals surface area contributed by atoms with Crippen LogP contribution in [0.15, 0.2) is 34.9 Å². The molecule has 0 aliphatic rings. The van der Waals surface area contributed by atoms with Gasteiger partial charge in [0, 0.05) is 11.8 Å². The molecule has 0 radical (unpaired) electrons. The predicted molar refractivity (Wildman–Crippen MR) is 76.9 cm³/mol. The Hall–Kier alpha value is -2.63. The molecular weight excluding hydrogens is 274 g/mol. The summed E-state index contributed by atoms with van der Waals surface area (Å²) in [6, 6.07) is 7.14. The van der Waals surface area contributed by atoms with Crippen LogP contribution in [0.25, 0.3) is 0 Å². The van der Waals surface area contributed by atoms with Crippen molar-refractivity contribution in [1.82, 2.24) is 0 Å². The number of esters is 1. The molecule has 0 amide bonds. The van der Waals surface area contributed by atoms with E-state index in [1.807, 2.05) is 18.2 Å². The fraction of sp³-hybridized carbons (Fsp3) is 0.267. The highest BCUT2D eigenvalue weighted by Crippen LogP contribution is 2.29. The van der Waals surface area contributed by atoms with Crippen LogP contribution in [-0.2, 0) is 11.3 Å². The molecule has 0 aliphatic carbocycles. The molecule has 0 saturated carbocycles. The van der Waals surface area contributed by atoms with Gasteiger partial charge in [-0.05, 0) is 18.2 Å². The zero-order valence-corrected chi connectivity index (χ0v) is 12.1. The molecule has 0 bridgehead atoms. The van der Waals surface area contributed by atoms with Gasteiger partial charge in [0.1, 0.15) is 12.0 Å². The lowest BCUT2D eigenvalue weighted by Crippen LogP contribution is -2.00. The van der Waals surface area contributed by atoms with Crippen molar-refractivity contribution in [2.75, 3.05) is 26.6 Å². The monoisotopic (exact) mass is 291 g/mol. The van der Waals surface area contributed by atoms with Gasteiger partial charge in [-0.3, -0.25) is 0 Å². The maximum atomic E-state index is 11.3. The Morgan fingerprint density at radius 3 is 2.57 bits per heavy atom. The van der Waals surface area contributed by atoms with Crippen LogP contribution >= 0.6 is 0 Å². The topological polar surface area (TPSA) is 69.9 Å². The first-order valence-electron chi connectivity index (χ1n) is 6.29. The number of anilines is 1. The van der Waals surface area contributed by atoms with E-state index in [1.54, 1.807) is 20.3 Å². The van der Waals surface area contributed by atoms with Gasteiger partial charge in [-0.25, -0.2) is 4.79 Å². The lowest BCUT2D eigenvalue weighted by Gasteiger charge is -2.10. The lowest BCUT2D eigenvalue weighted by atomic mass is 10.2. The predicted octanol–water partition coefficient (Wildman–Crippen LogP) is 2.70. The Labute approximate surface area is 122 Å². The summed E-state index contributed by atoms with van der Waals surface area (Å²) in [6.45, 7) is 0.437. The second kappa shape index (κ2) is 6.69. The molecule has 6 nitrogen and oxygen atoms in total. The summed E-state index contributed by atoms with van der Waals surface area (Å²) in [4.78, 5) is 11.3. The van der Waals surface area contributed by atoms with Crippen LogP contribution < -0.4 is 14.8 Å². The van der Waals surface area contributed by atoms with Gasteiger partial charge >= 0.3 is 5.97 Å². The molecule has 1 N–H and O–H groups in total. The van der Waals surface area contributed by atoms with E-state index in [4.69, 9.17) is 13.9 Å². The summed E-state index contributed by atoms with van der Waals surface area (Å²) in [6.07, 6.45) is 1.37. The third kappa shape index (κ3) is 3.47. The summed E-state index contributed by atoms with van der Waals surface area (Å²) >= 11 is 0. The molecule has 0 atom stereocenters. The van der Waals surface area contributed by atoms with Crippen LogP contribution in [0, 0.1) is 0 Å². The Bertz CT molecular complexity index is 620. The Morgan fingerprint density at radius 1 is 1.14 bits per heavy atom. The van der Waals surface area contributed by atoms with Crippen LogP contribution in [0.1, 0.15) is 16.1 Å². The van der Waals surface area contributed by atoms with Crippen molar-refractivity contribution in [3.05, 3.63) is 41.9 Å². The first-order chi connectivity index (χ1) is 10.2. The van der Waals surface area contributed by atoms with E-state index in [1.165, 1.54) is 13.4 Å². The third-order valence-corrected chi connectivity index (χ3v) is 2.93. The number of rotatable bonds is 6. The number of carbonyl (C=O) groups is 1. The normalized spacial score (nSPS) is 10.0. The van der Waals surface area contributed by atoms with E-state index >= 15 is 0 Å². The van der Waals surface area contributed by atoms with E-state index < -0.39 is 5.97 Å². The molecule has 0 aliphatic heterocycles. The molecule has 6 heteroatoms. The number of methoxy groups -OCH3 is 3. The van der Waals surface area contributed by atoms with Crippen molar-refractivity contribution >= 4 is 11.7 Å². The highest BCUT2D eigenvalue weighted by Gasteiger charge is 2.10. The minimum Gasteiger partial charge on any atom is -0.493 e. The van der Waals surface area contributed by atoms with E-state index in [0.29, 0.717) is 29.4 Å². The number of furan rings is 1. The summed E-state index contributed by atoms with van der Waals surface area (Å²) in [7, 11) is 4.50. The molecule has 0 unspecified atom stereocenters. The molecule has 112 valence electrons. The molecule has 0 saturated heterocycles. The van der Waals surface area contributed by atoms with Crippen LogP contribution in [0.5, 0.6) is 11.5 Å². The molecule has 0 fully saturated rings. The fourth-order valence-electron chi connectivity index (χ4n) is 1.83. The summed E-state index contributed by atoms with van der Waals surface area (Å²) in [5, 5.41) is 3.18. The van der Waals surface area contributed by atoms with E-state index in [9.17, 15) is 4.79 Å². The van der Waals surface area contributed by atoms with Crippen LogP contribution in [0.3, 0.4) is 0 Å². The van der Waals surface area contributed by atoms with Gasteiger partial charge in [0.15, 0.2) is 11.5 Å². The average molecular weight is 291 g/mol. The molecule has 2 rings (SSSR count). The van der Waals surface area contributed by atoms with E-state index in [2.05, 4.69) is 10.1 Å². The number of hydrogen-bond donors (Lipinski definition) is 1. The van der Waals surface area contributed by atoms with Crippen LogP contribution in [0.2, 0.25) is 0 Å². The van der Waals surface area contributed by atoms with Crippen molar-refractivity contribution in [2.24, 2.45) is 0 Å². The number of benzene rings is 1. The van der Waals surface area contributed by atoms with Crippen molar-refractivity contribution in [3.8, 4) is 11.5 Å². The lowest BCUT2D eigenvalue weighted by molar-refractivity contribution is 0.0600. The maximum Gasteiger partial charge on any atom is 0.341 e. The van der Waals surface area contributed by atoms with Crippen molar-refractivity contribution in [3.63, 3.8) is 0 Å². The number of ether oxygens (including phenoxy) is 3. The standard InChI is InChI=1S/C15H17NO5/c1-18-13-5-4-11(7-14(13)19-2)16-8-12-6-10(9-21-12)15(17)20-3/h4-7,9,16H,8H2,1-3H3. The van der Waals surface area contributed by atoms with Gasteiger partial charge in [0.2, 0.25) is 0 Å². The summed E-state index contributed by atoms with van der Waals surface area (Å²) in [5.41, 5.74) is 1.24. The summed E-state index contributed by atoms with van der Waals surface area (Å²) < 4.78 is 20.3. The largest absolute Gasteiger partial charge is 0.493 e. The second-order valence-electron chi connectivity index (χ2n) is 4.22. The maximum absolute atomic E-state index is 11.3. The van der Waals surface area contributed by atoms with E-state index in [0.717, 1.165) is 5.69 Å². The average Bonchev–Trinajstić information content (AvgIpc) is 3.00. The van der Waals surface area contributed by atoms with Crippen molar-refractivity contribution in [1.29, 1.82) is 0 Å². The minimum atomic E-state index is -0.420. The second-order valence-corrected chi connectivity index (χ2v) is 4.22. The first-order valence-corrected chi connectivity index (χ1v) is 6.29. The van der Waals surface area contributed by atoms with Gasteiger partial charge < -0.3 is 23.9 Å². The Kier molecular flexibility index (Phi) is 4.71. The van der Waals surface area contributed by atoms with E-state index in [-0.39, 0.29) is 0 Å². The van der Waals surface area contributed by atoms with Crippen molar-refractivity contribution in [2.45, 2.75) is 6.54 Å². The Balaban J connectivity index is 2.02. The molecule has 1 heterocycles. The summed E-state index contributed by atoms with van der Waals surface area (Å²) in [5.74, 6) is 1.51. The minimum absolute atomic E-state index is 0.390. The molecule has 2 aromatic rings. The number of carbonyl (C=O) groups excluding carboxylic acids is 1. The van der Waals surface area contributed by atoms with Gasteiger partial charge in [-0.1, -0.05) is 0 Å². The molecular formula is C15H17NO5. The SMILES string of the molecule is COC(=O)c1coc(CNc2ccc(OC)c(OC)c2)c1. The quantitative estimate of drug-likeness (QED) is 0.825. The van der Waals surface area contributed by atoms with Crippen LogP contribution in [-0.4, -0.2) is 27.3 Å². The third-order valence-electron chi connectivity index (χ3n) is 2.93. The zero-order chi connectivity index (χ0) is 15.2. The molecule has 0 spiro atoms. The molecule has 1 aromatic heterocycles. The highest BCUT2D eigenvalue weighted by molar-refractivity contribution is 5.89. The van der Waals surface area contributed by atoms with Gasteiger partial charge in [0.05, 0.1) is 33.4 Å². The smallest absolute Gasteiger partial charge is 0.341 e. The fourth-order valence-corrected chi connectivity index (χ4v) is 1.83. The van der Waals surface area contributed by atoms with Gasteiger partial charge in [-0.2, -0.15) is 0 Å². The molecule has 21 heavy (non-hydrogen) atoms. The zero-order valence-electron chi connectivity index (χ0n) is 12.1.